The smallest absolute Gasteiger partial charge is 0.225 e. The first-order chi connectivity index (χ1) is 7.29. The molecule has 2 aliphatic rings. The molecule has 2 atom stereocenters. The molecule has 1 heterocycles. The number of amides is 1. The average Bonchev–Trinajstić information content (AvgIpc) is 2.88. The zero-order valence-corrected chi connectivity index (χ0v) is 9.50. The van der Waals surface area contributed by atoms with E-state index in [-0.39, 0.29) is 13.3 Å². The van der Waals surface area contributed by atoms with Crippen LogP contribution in [0.15, 0.2) is 0 Å². The van der Waals surface area contributed by atoms with Gasteiger partial charge in [-0.3, -0.25) is 4.79 Å². The van der Waals surface area contributed by atoms with Crippen LogP contribution in [0.2, 0.25) is 0 Å². The second kappa shape index (κ2) is 4.97. The zero-order valence-electron chi connectivity index (χ0n) is 9.50. The van der Waals surface area contributed by atoms with Crippen molar-refractivity contribution in [3.63, 3.8) is 0 Å². The van der Waals surface area contributed by atoms with Gasteiger partial charge in [-0.1, -0.05) is 19.8 Å². The number of carbonyl (C=O) groups is 1. The normalized spacial score (nSPS) is 27.7. The first kappa shape index (κ1) is 10.9. The molecule has 0 aromatic heterocycles. The summed E-state index contributed by atoms with van der Waals surface area (Å²) in [6.07, 6.45) is 5.84. The summed E-state index contributed by atoms with van der Waals surface area (Å²) in [5.74, 6) is 1.20. The highest BCUT2D eigenvalue weighted by Gasteiger charge is 2.28. The Bertz CT molecular complexity index is 225. The van der Waals surface area contributed by atoms with Gasteiger partial charge in [0, 0.05) is 14.1 Å². The summed E-state index contributed by atoms with van der Waals surface area (Å²) in [5.41, 5.74) is 0. The maximum atomic E-state index is 11.8. The maximum Gasteiger partial charge on any atom is 0.225 e. The third-order valence-corrected chi connectivity index (χ3v) is 3.45. The Labute approximate surface area is 93.1 Å². The number of rotatable bonds is 5. The minimum atomic E-state index is 0. The summed E-state index contributed by atoms with van der Waals surface area (Å²) in [4.78, 5) is 11.8. The molecule has 2 unspecified atom stereocenters. The number of nitrogens with one attached hydrogen (secondary N) is 1. The van der Waals surface area contributed by atoms with E-state index in [4.69, 9.17) is 4.74 Å². The van der Waals surface area contributed by atoms with Crippen molar-refractivity contribution < 1.29 is 11.0 Å². The molecule has 1 aliphatic heterocycles. The molecule has 2 fully saturated rings. The molecule has 0 spiro atoms. The lowest BCUT2D eigenvalue weighted by Gasteiger charge is -2.18. The summed E-state index contributed by atoms with van der Waals surface area (Å²) in [6.45, 7) is 3.52. The van der Waals surface area contributed by atoms with Gasteiger partial charge in [0.15, 0.2) is 0 Å². The molecular formula is C12H23NO2. The van der Waals surface area contributed by atoms with Crippen LogP contribution in [0.25, 0.3) is 0 Å². The highest BCUT2D eigenvalue weighted by atomic mass is 16.5. The van der Waals surface area contributed by atoms with Crippen LogP contribution in [-0.4, -0.2) is 25.2 Å². The number of hydrogen-bond acceptors (Lipinski definition) is 2. The van der Waals surface area contributed by atoms with E-state index < -0.39 is 0 Å². The monoisotopic (exact) mass is 213 g/mol. The first-order valence-corrected chi connectivity index (χ1v) is 6.17. The van der Waals surface area contributed by atoms with Gasteiger partial charge in [0.25, 0.3) is 0 Å². The zero-order chi connectivity index (χ0) is 10.7. The Hall–Kier alpha value is -0.570. The minimum absolute atomic E-state index is 0. The van der Waals surface area contributed by atoms with Crippen LogP contribution >= 0.6 is 0 Å². The van der Waals surface area contributed by atoms with Gasteiger partial charge in [0.05, 0.1) is 12.5 Å². The summed E-state index contributed by atoms with van der Waals surface area (Å²) in [5, 5.41) is 3.16. The van der Waals surface area contributed by atoms with E-state index in [1.54, 1.807) is 0 Å². The van der Waals surface area contributed by atoms with Gasteiger partial charge in [-0.15, -0.1) is 0 Å². The second-order valence-corrected chi connectivity index (χ2v) is 4.85. The third kappa shape index (κ3) is 3.20. The Morgan fingerprint density at radius 3 is 2.87 bits per heavy atom. The van der Waals surface area contributed by atoms with Crippen LogP contribution in [0.5, 0.6) is 0 Å². The Kier molecular flexibility index (Phi) is 3.62. The van der Waals surface area contributed by atoms with E-state index in [1.807, 2.05) is 0 Å². The Balaban J connectivity index is 0.00000128. The van der Waals surface area contributed by atoms with Crippen molar-refractivity contribution in [1.29, 1.82) is 0 Å². The molecule has 1 saturated heterocycles. The molecular weight excluding hydrogens is 190 g/mol. The molecule has 2 rings (SSSR count). The van der Waals surface area contributed by atoms with Crippen LogP contribution in [-0.2, 0) is 9.53 Å². The quantitative estimate of drug-likeness (QED) is 0.758. The maximum absolute atomic E-state index is 11.8. The Morgan fingerprint density at radius 1 is 1.53 bits per heavy atom. The van der Waals surface area contributed by atoms with Crippen molar-refractivity contribution in [1.82, 2.24) is 5.32 Å². The fourth-order valence-corrected chi connectivity index (χ4v) is 2.14. The van der Waals surface area contributed by atoms with Crippen LogP contribution in [0.1, 0.15) is 40.5 Å². The summed E-state index contributed by atoms with van der Waals surface area (Å²) in [7, 11) is 0. The highest BCUT2D eigenvalue weighted by Crippen LogP contribution is 2.34. The van der Waals surface area contributed by atoms with Gasteiger partial charge in [-0.2, -0.15) is 0 Å². The van der Waals surface area contributed by atoms with Crippen LogP contribution < -0.4 is 5.32 Å². The van der Waals surface area contributed by atoms with E-state index in [1.165, 1.54) is 19.3 Å². The number of ether oxygens (including phenoxy) is 1. The predicted molar refractivity (Wildman–Crippen MR) is 60.6 cm³/mol. The molecule has 88 valence electrons. The second-order valence-electron chi connectivity index (χ2n) is 4.85. The molecule has 1 amide bonds. The lowest BCUT2D eigenvalue weighted by atomic mass is 10.0. The summed E-state index contributed by atoms with van der Waals surface area (Å²) < 4.78 is 5.23. The van der Waals surface area contributed by atoms with Crippen molar-refractivity contribution >= 4 is 5.91 Å². The van der Waals surface area contributed by atoms with Crippen molar-refractivity contribution in [3.05, 3.63) is 0 Å². The topological polar surface area (TPSA) is 38.3 Å². The molecule has 0 radical (unpaired) electrons. The SMILES string of the molecule is CCC(CC1CC1)NC(=O)C1CCOC1.[HH]. The number of hydrogen-bond donors (Lipinski definition) is 1. The molecule has 0 aromatic rings. The predicted octanol–water partition coefficient (Wildman–Crippen LogP) is 1.96. The van der Waals surface area contributed by atoms with Gasteiger partial charge in [-0.05, 0) is 25.2 Å². The van der Waals surface area contributed by atoms with Crippen molar-refractivity contribution in [2.24, 2.45) is 11.8 Å². The van der Waals surface area contributed by atoms with E-state index in [2.05, 4.69) is 12.2 Å². The third-order valence-electron chi connectivity index (χ3n) is 3.45. The molecule has 0 bridgehead atoms. The fourth-order valence-electron chi connectivity index (χ4n) is 2.14. The van der Waals surface area contributed by atoms with Crippen molar-refractivity contribution in [2.45, 2.75) is 45.1 Å². The molecule has 3 heteroatoms. The van der Waals surface area contributed by atoms with Gasteiger partial charge >= 0.3 is 0 Å². The average molecular weight is 213 g/mol. The lowest BCUT2D eigenvalue weighted by molar-refractivity contribution is -0.125. The first-order valence-electron chi connectivity index (χ1n) is 6.17. The standard InChI is InChI=1S/C12H21NO2.H2/c1-2-11(7-9-3-4-9)13-12(14)10-5-6-15-8-10;/h9-11H,2-8H2,1H3,(H,13,14);1H. The highest BCUT2D eigenvalue weighted by molar-refractivity contribution is 5.79. The van der Waals surface area contributed by atoms with Crippen molar-refractivity contribution in [3.8, 4) is 0 Å². The van der Waals surface area contributed by atoms with E-state index in [0.29, 0.717) is 12.6 Å². The largest absolute Gasteiger partial charge is 0.381 e. The van der Waals surface area contributed by atoms with E-state index in [0.717, 1.165) is 25.4 Å². The molecule has 1 N–H and O–H groups in total. The van der Waals surface area contributed by atoms with Crippen LogP contribution in [0, 0.1) is 11.8 Å². The van der Waals surface area contributed by atoms with Gasteiger partial charge in [0.2, 0.25) is 5.91 Å². The van der Waals surface area contributed by atoms with Gasteiger partial charge in [-0.25, -0.2) is 0 Å². The van der Waals surface area contributed by atoms with E-state index in [9.17, 15) is 4.79 Å². The van der Waals surface area contributed by atoms with Crippen LogP contribution in [0.3, 0.4) is 0 Å². The van der Waals surface area contributed by atoms with Gasteiger partial charge in [0.1, 0.15) is 0 Å². The summed E-state index contributed by atoms with van der Waals surface area (Å²) in [6, 6.07) is 0.394. The molecule has 15 heavy (non-hydrogen) atoms. The molecule has 1 aliphatic carbocycles. The summed E-state index contributed by atoms with van der Waals surface area (Å²) >= 11 is 0. The molecule has 3 nitrogen and oxygen atoms in total. The van der Waals surface area contributed by atoms with E-state index >= 15 is 0 Å². The lowest BCUT2D eigenvalue weighted by Crippen LogP contribution is -2.39. The van der Waals surface area contributed by atoms with Crippen LogP contribution in [0.4, 0.5) is 0 Å². The minimum Gasteiger partial charge on any atom is -0.381 e. The molecule has 1 saturated carbocycles. The van der Waals surface area contributed by atoms with Crippen molar-refractivity contribution in [2.75, 3.05) is 13.2 Å². The van der Waals surface area contributed by atoms with Gasteiger partial charge < -0.3 is 10.1 Å². The fraction of sp³-hybridized carbons (Fsp3) is 0.917. The Morgan fingerprint density at radius 2 is 2.33 bits per heavy atom. The number of carbonyl (C=O) groups excluding carboxylic acids is 1. The molecule has 0 aromatic carbocycles.